The molecule has 0 aliphatic carbocycles. The molecule has 0 aliphatic rings. The number of thiazole rings is 1. The van der Waals surface area contributed by atoms with Crippen LogP contribution in [-0.4, -0.2) is 16.6 Å². The summed E-state index contributed by atoms with van der Waals surface area (Å²) in [5.74, 6) is 0.942. The van der Waals surface area contributed by atoms with Gasteiger partial charge in [-0.2, -0.15) is 0 Å². The maximum Gasteiger partial charge on any atom is 0.230 e. The van der Waals surface area contributed by atoms with Gasteiger partial charge in [-0.1, -0.05) is 42.3 Å². The number of nitrogens with one attached hydrogen (secondary N) is 1. The molecule has 0 saturated carbocycles. The number of rotatable bonds is 6. The molecule has 3 nitrogen and oxygen atoms in total. The molecule has 3 aromatic rings. The van der Waals surface area contributed by atoms with Crippen molar-refractivity contribution in [3.8, 4) is 11.3 Å². The van der Waals surface area contributed by atoms with Crippen LogP contribution in [0.1, 0.15) is 12.5 Å². The Morgan fingerprint density at radius 2 is 2.04 bits per heavy atom. The monoisotopic (exact) mass is 428 g/mol. The zero-order valence-corrected chi connectivity index (χ0v) is 17.2. The van der Waals surface area contributed by atoms with Crippen LogP contribution in [0, 0.1) is 0 Å². The van der Waals surface area contributed by atoms with Crippen molar-refractivity contribution in [1.82, 2.24) is 4.98 Å². The molecule has 130 valence electrons. The van der Waals surface area contributed by atoms with Gasteiger partial charge in [-0.15, -0.1) is 34.4 Å². The summed E-state index contributed by atoms with van der Waals surface area (Å²) in [6.45, 7) is 2.12. The van der Waals surface area contributed by atoms with E-state index in [0.717, 1.165) is 22.6 Å². The highest BCUT2D eigenvalue weighted by Crippen LogP contribution is 2.39. The number of hydrogen-bond acceptors (Lipinski definition) is 5. The molecular formula is C17H14Cl2N2OS3. The average molecular weight is 429 g/mol. The number of benzene rings is 1. The molecule has 8 heteroatoms. The molecule has 0 unspecified atom stereocenters. The van der Waals surface area contributed by atoms with Crippen LogP contribution >= 0.6 is 57.6 Å². The lowest BCUT2D eigenvalue weighted by atomic mass is 10.1. The highest BCUT2D eigenvalue weighted by atomic mass is 35.5. The normalized spacial score (nSPS) is 10.8. The smallest absolute Gasteiger partial charge is 0.230 e. The number of aromatic nitrogens is 1. The SMILES string of the molecule is CCSc1ccc(CC(=O)Nc2nc(-c3cc(Cl)sc3Cl)cs2)cc1. The summed E-state index contributed by atoms with van der Waals surface area (Å²) < 4.78 is 1.21. The van der Waals surface area contributed by atoms with Crippen LogP contribution in [0.4, 0.5) is 5.13 Å². The number of thioether (sulfide) groups is 1. The Hall–Kier alpha value is -1.05. The molecule has 25 heavy (non-hydrogen) atoms. The van der Waals surface area contributed by atoms with Crippen LogP contribution in [0.2, 0.25) is 8.67 Å². The molecule has 0 atom stereocenters. The van der Waals surface area contributed by atoms with Gasteiger partial charge in [0.05, 0.1) is 16.5 Å². The lowest BCUT2D eigenvalue weighted by Gasteiger charge is -2.03. The number of halogens is 2. The maximum absolute atomic E-state index is 12.2. The van der Waals surface area contributed by atoms with E-state index in [1.807, 2.05) is 29.6 Å². The van der Waals surface area contributed by atoms with Gasteiger partial charge in [-0.05, 0) is 29.5 Å². The summed E-state index contributed by atoms with van der Waals surface area (Å²) in [5.41, 5.74) is 2.48. The fraction of sp³-hybridized carbons (Fsp3) is 0.176. The summed E-state index contributed by atoms with van der Waals surface area (Å²) in [6.07, 6.45) is 0.316. The van der Waals surface area contributed by atoms with Crippen molar-refractivity contribution in [3.63, 3.8) is 0 Å². The van der Waals surface area contributed by atoms with Crippen molar-refractivity contribution in [1.29, 1.82) is 0 Å². The lowest BCUT2D eigenvalue weighted by molar-refractivity contribution is -0.115. The minimum atomic E-state index is -0.0914. The van der Waals surface area contributed by atoms with Gasteiger partial charge in [-0.3, -0.25) is 4.79 Å². The molecule has 0 radical (unpaired) electrons. The molecule has 2 aromatic heterocycles. The summed E-state index contributed by atoms with van der Waals surface area (Å²) >= 11 is 16.6. The highest BCUT2D eigenvalue weighted by Gasteiger charge is 2.13. The molecule has 1 aromatic carbocycles. The summed E-state index contributed by atoms with van der Waals surface area (Å²) in [4.78, 5) is 17.8. The standard InChI is InChI=1S/C17H14Cl2N2OS3/c1-2-23-11-5-3-10(4-6-11)7-15(22)21-17-20-13(9-24-17)12-8-14(18)25-16(12)19/h3-6,8-9H,2,7H2,1H3,(H,20,21,22). The van der Waals surface area contributed by atoms with E-state index in [-0.39, 0.29) is 5.91 Å². The van der Waals surface area contributed by atoms with Gasteiger partial charge in [0.2, 0.25) is 5.91 Å². The summed E-state index contributed by atoms with van der Waals surface area (Å²) in [6, 6.07) is 9.84. The van der Waals surface area contributed by atoms with E-state index in [4.69, 9.17) is 23.2 Å². The highest BCUT2D eigenvalue weighted by molar-refractivity contribution is 7.99. The van der Waals surface area contributed by atoms with Gasteiger partial charge < -0.3 is 5.32 Å². The molecule has 0 aliphatic heterocycles. The second-order valence-electron chi connectivity index (χ2n) is 5.08. The van der Waals surface area contributed by atoms with Crippen LogP contribution in [0.15, 0.2) is 40.6 Å². The van der Waals surface area contributed by atoms with Gasteiger partial charge in [-0.25, -0.2) is 4.98 Å². The van der Waals surface area contributed by atoms with Gasteiger partial charge in [0.15, 0.2) is 5.13 Å². The van der Waals surface area contributed by atoms with Gasteiger partial charge >= 0.3 is 0 Å². The number of thiophene rings is 1. The Morgan fingerprint density at radius 3 is 2.68 bits per heavy atom. The van der Waals surface area contributed by atoms with Gasteiger partial charge in [0.25, 0.3) is 0 Å². The second-order valence-corrected chi connectivity index (χ2v) is 9.56. The van der Waals surface area contributed by atoms with Crippen LogP contribution in [-0.2, 0) is 11.2 Å². The quantitative estimate of drug-likeness (QED) is 0.457. The minimum Gasteiger partial charge on any atom is -0.302 e. The zero-order valence-electron chi connectivity index (χ0n) is 13.2. The van der Waals surface area contributed by atoms with E-state index in [2.05, 4.69) is 17.2 Å². The largest absolute Gasteiger partial charge is 0.302 e. The van der Waals surface area contributed by atoms with Crippen LogP contribution in [0.25, 0.3) is 11.3 Å². The first-order chi connectivity index (χ1) is 12.0. The van der Waals surface area contributed by atoms with Crippen molar-refractivity contribution in [2.75, 3.05) is 11.1 Å². The topological polar surface area (TPSA) is 42.0 Å². The molecule has 0 saturated heterocycles. The van der Waals surface area contributed by atoms with Crippen molar-refractivity contribution >= 4 is 68.7 Å². The Bertz CT molecular complexity index is 874. The second kappa shape index (κ2) is 8.56. The van der Waals surface area contributed by atoms with Crippen LogP contribution in [0.5, 0.6) is 0 Å². The number of nitrogens with zero attached hydrogens (tertiary/aromatic N) is 1. The van der Waals surface area contributed by atoms with E-state index < -0.39 is 0 Å². The molecule has 1 amide bonds. The lowest BCUT2D eigenvalue weighted by Crippen LogP contribution is -2.14. The third kappa shape index (κ3) is 4.99. The molecule has 0 spiro atoms. The fourth-order valence-electron chi connectivity index (χ4n) is 2.19. The van der Waals surface area contributed by atoms with Gasteiger partial charge in [0, 0.05) is 15.8 Å². The van der Waals surface area contributed by atoms with Gasteiger partial charge in [0.1, 0.15) is 4.34 Å². The molecule has 0 bridgehead atoms. The van der Waals surface area contributed by atoms with Crippen LogP contribution < -0.4 is 5.32 Å². The first kappa shape index (κ1) is 18.7. The fourth-order valence-corrected chi connectivity index (χ4v) is 5.06. The van der Waals surface area contributed by atoms with E-state index in [1.165, 1.54) is 27.6 Å². The van der Waals surface area contributed by atoms with E-state index in [9.17, 15) is 4.79 Å². The zero-order chi connectivity index (χ0) is 17.8. The van der Waals surface area contributed by atoms with Crippen molar-refractivity contribution < 1.29 is 4.79 Å². The minimum absolute atomic E-state index is 0.0914. The molecule has 0 fully saturated rings. The first-order valence-electron chi connectivity index (χ1n) is 7.47. The number of amides is 1. The first-order valence-corrected chi connectivity index (χ1v) is 10.9. The predicted molar refractivity (Wildman–Crippen MR) is 111 cm³/mol. The van der Waals surface area contributed by atoms with E-state index in [1.54, 1.807) is 17.8 Å². The van der Waals surface area contributed by atoms with Crippen molar-refractivity contribution in [2.45, 2.75) is 18.2 Å². The van der Waals surface area contributed by atoms with Crippen molar-refractivity contribution in [3.05, 3.63) is 49.9 Å². The third-order valence-electron chi connectivity index (χ3n) is 3.28. The molecule has 1 N–H and O–H groups in total. The molecular weight excluding hydrogens is 415 g/mol. The Kier molecular flexibility index (Phi) is 6.41. The van der Waals surface area contributed by atoms with Crippen LogP contribution in [0.3, 0.4) is 0 Å². The van der Waals surface area contributed by atoms with E-state index >= 15 is 0 Å². The Balaban J connectivity index is 1.62. The predicted octanol–water partition coefficient (Wildman–Crippen LogP) is 6.47. The summed E-state index contributed by atoms with van der Waals surface area (Å²) in [7, 11) is 0. The molecule has 2 heterocycles. The number of hydrogen-bond donors (Lipinski definition) is 1. The van der Waals surface area contributed by atoms with Crippen molar-refractivity contribution in [2.24, 2.45) is 0 Å². The Labute approximate surface area is 168 Å². The average Bonchev–Trinajstić information content (AvgIpc) is 3.15. The molecule has 3 rings (SSSR count). The third-order valence-corrected chi connectivity index (χ3v) is 6.42. The summed E-state index contributed by atoms with van der Waals surface area (Å²) in [5, 5.41) is 5.25. The maximum atomic E-state index is 12.2. The number of anilines is 1. The number of carbonyl (C=O) groups excluding carboxylic acids is 1. The Morgan fingerprint density at radius 1 is 1.28 bits per heavy atom. The number of carbonyl (C=O) groups is 1. The van der Waals surface area contributed by atoms with E-state index in [0.29, 0.717) is 20.2 Å².